The molecule has 4 nitrogen and oxygen atoms in total. The van der Waals surface area contributed by atoms with Gasteiger partial charge in [-0.3, -0.25) is 0 Å². The van der Waals surface area contributed by atoms with E-state index < -0.39 is 40.3 Å². The van der Waals surface area contributed by atoms with Gasteiger partial charge in [-0.2, -0.15) is 0 Å². The van der Waals surface area contributed by atoms with Crippen LogP contribution < -0.4 is 84.1 Å². The Hall–Kier alpha value is -5.22. The Bertz CT molecular complexity index is 4340. The van der Waals surface area contributed by atoms with E-state index in [9.17, 15) is 0 Å². The second kappa shape index (κ2) is 43.7. The van der Waals surface area contributed by atoms with Gasteiger partial charge in [0.25, 0.3) is 0 Å². The van der Waals surface area contributed by atoms with Crippen molar-refractivity contribution in [3.05, 3.63) is 362 Å². The topological polar surface area (TPSA) is 56.4 Å². The molecule has 0 spiro atoms. The largest absolute Gasteiger partial charge is 1.00 e. The van der Waals surface area contributed by atoms with E-state index in [1.54, 1.807) is 0 Å². The predicted octanol–water partition coefficient (Wildman–Crippen LogP) is 19.4. The summed E-state index contributed by atoms with van der Waals surface area (Å²) in [5, 5.41) is 15.8. The van der Waals surface area contributed by atoms with Gasteiger partial charge in [0, 0.05) is 0 Å². The molecule has 104 heavy (non-hydrogen) atoms. The maximum absolute atomic E-state index is 4.99. The fourth-order valence-corrected chi connectivity index (χ4v) is 21.5. The molecule has 0 atom stereocenters. The predicted molar refractivity (Wildman–Crippen MR) is 446 cm³/mol. The zero-order chi connectivity index (χ0) is 69.7. The molecule has 12 aromatic carbocycles. The monoisotopic (exact) mass is 1830 g/mol. The summed E-state index contributed by atoms with van der Waals surface area (Å²) in [4.78, 5) is 20.0. The number of alkyl halides is 6. The van der Waals surface area contributed by atoms with E-state index in [0.29, 0.717) is 0 Å². The van der Waals surface area contributed by atoms with Gasteiger partial charge in [-0.05, 0) is 123 Å². The number of hydrogen-bond acceptors (Lipinski definition) is 0. The second-order valence-corrected chi connectivity index (χ2v) is 35.3. The number of aryl methyl sites for hydroxylation is 4. The molecule has 540 valence electrons. The van der Waals surface area contributed by atoms with E-state index >= 15 is 0 Å². The van der Waals surface area contributed by atoms with E-state index in [0.717, 1.165) is 22.1 Å². The van der Waals surface area contributed by atoms with Gasteiger partial charge in [0.05, 0.1) is 0 Å². The van der Waals surface area contributed by atoms with Gasteiger partial charge in [-0.15, -0.1) is 43.8 Å². The molecule has 16 rings (SSSR count). The molecule has 18 heteroatoms. The fraction of sp³-hybridized carbons (Fsp3) is 0.0698. The van der Waals surface area contributed by atoms with Crippen LogP contribution in [0.5, 0.6) is 0 Å². The second-order valence-electron chi connectivity index (χ2n) is 22.8. The van der Waals surface area contributed by atoms with Gasteiger partial charge in [0.2, 0.25) is 0 Å². The maximum atomic E-state index is 4.99. The molecule has 0 aliphatic heterocycles. The minimum atomic E-state index is -0.750. The zero-order valence-corrected chi connectivity index (χ0v) is 69.5. The number of halogens is 6. The number of hydrogen-bond donors (Lipinski definition) is 0. The quantitative estimate of drug-likeness (QED) is 0.0695. The Morgan fingerprint density at radius 1 is 0.202 bits per heavy atom. The first kappa shape index (κ1) is 86.0. The number of rotatable bonds is 12. The summed E-state index contributed by atoms with van der Waals surface area (Å²) in [6.45, 7) is 8.80. The maximum Gasteiger partial charge on any atom is 1.00 e. The van der Waals surface area contributed by atoms with Crippen molar-refractivity contribution in [2.24, 2.45) is 0 Å². The summed E-state index contributed by atoms with van der Waals surface area (Å²) < 4.78 is -1.50. The van der Waals surface area contributed by atoms with Crippen molar-refractivity contribution in [2.75, 3.05) is 0 Å². The average Bonchev–Trinajstić information content (AvgIpc) is 1.64. The molecule has 0 unspecified atom stereocenters. The molecule has 0 saturated carbocycles. The molecule has 0 radical (unpaired) electrons. The van der Waals surface area contributed by atoms with Gasteiger partial charge < -0.3 is 19.9 Å². The average molecular weight is 1840 g/mol. The van der Waals surface area contributed by atoms with E-state index in [2.05, 4.69) is 367 Å². The third kappa shape index (κ3) is 22.5. The van der Waals surface area contributed by atoms with Crippen LogP contribution in [0.25, 0.3) is 43.6 Å². The molecule has 0 fully saturated rings. The van der Waals surface area contributed by atoms with E-state index in [4.69, 9.17) is 89.5 Å². The van der Waals surface area contributed by atoms with Gasteiger partial charge in [0.1, 0.15) is 0 Å². The van der Waals surface area contributed by atoms with Gasteiger partial charge >= 0.3 is 78.9 Å². The molecule has 16 aromatic rings. The van der Waals surface area contributed by atoms with Crippen molar-refractivity contribution in [1.29, 1.82) is 0 Å². The number of fused-ring (bicyclic) bond motifs is 4. The first-order chi connectivity index (χ1) is 48.8. The Kier molecular flexibility index (Phi) is 36.1. The third-order valence-corrected chi connectivity index (χ3v) is 26.4. The van der Waals surface area contributed by atoms with Crippen LogP contribution in [0.2, 0.25) is 0 Å². The summed E-state index contributed by atoms with van der Waals surface area (Å²) in [6, 6.07) is 120. The summed E-state index contributed by atoms with van der Waals surface area (Å²) in [5.41, 5.74) is 14.5. The summed E-state index contributed by atoms with van der Waals surface area (Å²) in [5.74, 6) is 0. The minimum Gasteiger partial charge on any atom is -0.656 e. The van der Waals surface area contributed by atoms with Crippen LogP contribution in [0, 0.1) is 27.7 Å². The number of para-hydroxylation sites is 4. The standard InChI is InChI=1S/4C21H17NP.2CHCl3.2Ag.2Cu/c4*1-16-19-14-8-9-15-20(19)22-21(16)23(17-10-4-2-5-11-17)18-12-6-3-7-13-18;2*2-1(3)4;;;;/h4*2-15H,1H3;2*1H;;;;/q4*-1;;;4*+1. The van der Waals surface area contributed by atoms with Crippen molar-refractivity contribution in [2.45, 2.75) is 36.3 Å². The van der Waals surface area contributed by atoms with Gasteiger partial charge in [-0.25, -0.2) is 0 Å². The Labute approximate surface area is 698 Å². The smallest absolute Gasteiger partial charge is 0.656 e. The van der Waals surface area contributed by atoms with Crippen molar-refractivity contribution in [3.63, 3.8) is 0 Å². The van der Waals surface area contributed by atoms with Gasteiger partial charge in [0.15, 0.2) is 8.59 Å². The Morgan fingerprint density at radius 2 is 0.317 bits per heavy atom. The van der Waals surface area contributed by atoms with Gasteiger partial charge in [-0.1, -0.05) is 432 Å². The molecule has 4 aromatic heterocycles. The first-order valence-corrected chi connectivity index (χ1v) is 40.4. The number of aromatic nitrogens is 4. The van der Waals surface area contributed by atoms with Crippen molar-refractivity contribution < 1.29 is 78.9 Å². The molecular weight excluding hydrogens is 1770 g/mol. The van der Waals surface area contributed by atoms with E-state index in [1.807, 2.05) is 0 Å². The van der Waals surface area contributed by atoms with E-state index in [1.165, 1.54) is 108 Å². The van der Waals surface area contributed by atoms with Crippen LogP contribution in [0.4, 0.5) is 0 Å². The van der Waals surface area contributed by atoms with Crippen LogP contribution >= 0.6 is 101 Å². The molecule has 0 bridgehead atoms. The molecule has 0 aliphatic rings. The molecule has 0 aliphatic carbocycles. The fourth-order valence-electron chi connectivity index (χ4n) is 11.9. The first-order valence-electron chi connectivity index (χ1n) is 32.4. The van der Waals surface area contributed by atoms with Crippen molar-refractivity contribution in [1.82, 2.24) is 19.9 Å². The molecule has 0 amide bonds. The molecular formula is C86H70Ag2Cl6Cu2N4P4. The minimum absolute atomic E-state index is 0. The van der Waals surface area contributed by atoms with Crippen molar-refractivity contribution in [3.8, 4) is 0 Å². The van der Waals surface area contributed by atoms with Crippen molar-refractivity contribution >= 4 is 209 Å². The summed E-state index contributed by atoms with van der Waals surface area (Å²) >= 11 is 28.8. The van der Waals surface area contributed by atoms with E-state index in [-0.39, 0.29) is 78.9 Å². The molecule has 0 N–H and O–H groups in total. The van der Waals surface area contributed by atoms with Crippen LogP contribution in [0.3, 0.4) is 0 Å². The third-order valence-electron chi connectivity index (χ3n) is 16.4. The summed E-state index contributed by atoms with van der Waals surface area (Å²) in [7, 11) is -2.50. The Morgan fingerprint density at radius 3 is 0.442 bits per heavy atom. The Balaban J connectivity index is 0.000000185. The number of benzene rings is 12. The zero-order valence-electron chi connectivity index (χ0n) is 56.5. The molecule has 0 saturated heterocycles. The summed E-state index contributed by atoms with van der Waals surface area (Å²) in [6.07, 6.45) is 0. The SMILES string of the molecule is Cc1c(P(c2ccccc2)c2ccccc2)[n-]c2ccccc12.Cc1c(P(c2ccccc2)c2ccccc2)[n-]c2ccccc12.Cc1c(P(c2ccccc2)c2ccccc2)[n-]c2ccccc12.Cc1c(P(c2ccccc2)c2ccccc2)[n-]c2ccccc12.ClC(Cl)Cl.ClC(Cl)Cl.[Ag+].[Ag+].[Cu+].[Cu+]. The van der Waals surface area contributed by atoms with Crippen LogP contribution in [0.15, 0.2) is 340 Å². The molecule has 4 heterocycles. The van der Waals surface area contributed by atoms with Crippen LogP contribution in [-0.2, 0) is 78.9 Å². The van der Waals surface area contributed by atoms with Crippen LogP contribution in [0.1, 0.15) is 22.3 Å². The number of nitrogens with zero attached hydrogens (tertiary/aromatic N) is 4. The van der Waals surface area contributed by atoms with Crippen LogP contribution in [-0.4, -0.2) is 8.59 Å². The normalized spacial score (nSPS) is 10.6.